The number of nitro groups is 1. The van der Waals surface area contributed by atoms with Gasteiger partial charge in [0.05, 0.1) is 15.4 Å². The highest BCUT2D eigenvalue weighted by Crippen LogP contribution is 2.41. The van der Waals surface area contributed by atoms with Crippen molar-refractivity contribution in [3.8, 4) is 11.3 Å². The molecule has 2 heterocycles. The zero-order valence-electron chi connectivity index (χ0n) is 12.8. The highest BCUT2D eigenvalue weighted by atomic mass is 32.2. The minimum atomic E-state index is -0.441. The summed E-state index contributed by atoms with van der Waals surface area (Å²) in [5, 5.41) is 11.2. The highest BCUT2D eigenvalue weighted by Gasteiger charge is 2.25. The molecule has 0 bridgehead atoms. The number of carbonyl (C=O) groups excluding carboxylic acids is 1. The van der Waals surface area contributed by atoms with E-state index >= 15 is 0 Å². The molecule has 1 aliphatic rings. The van der Waals surface area contributed by atoms with E-state index in [4.69, 9.17) is 4.42 Å². The minimum Gasteiger partial charge on any atom is -0.456 e. The number of rotatable bonds is 3. The molecule has 1 aromatic heterocycles. The fraction of sp³-hybridized carbons (Fsp3) is 0. The second kappa shape index (κ2) is 6.07. The first-order chi connectivity index (χ1) is 12.1. The Morgan fingerprint density at radius 3 is 2.44 bits per heavy atom. The molecule has 122 valence electrons. The summed E-state index contributed by atoms with van der Waals surface area (Å²) in [5.74, 6) is 0.841. The Balaban J connectivity index is 1.68. The minimum absolute atomic E-state index is 0.0187. The number of para-hydroxylation sites is 1. The van der Waals surface area contributed by atoms with Crippen molar-refractivity contribution < 1.29 is 14.1 Å². The Kier molecular flexibility index (Phi) is 3.74. The van der Waals surface area contributed by atoms with Crippen LogP contribution in [-0.2, 0) is 0 Å². The number of thioether (sulfide) groups is 1. The zero-order valence-corrected chi connectivity index (χ0v) is 13.7. The van der Waals surface area contributed by atoms with Gasteiger partial charge in [-0.3, -0.25) is 14.9 Å². The lowest BCUT2D eigenvalue weighted by Crippen LogP contribution is -1.93. The van der Waals surface area contributed by atoms with Crippen LogP contribution >= 0.6 is 11.8 Å². The number of Topliss-reactive ketones (excluding diaryl/α,β-unsaturated/α-hetero) is 1. The molecule has 6 heteroatoms. The molecule has 0 atom stereocenters. The van der Waals surface area contributed by atoms with E-state index < -0.39 is 4.92 Å². The number of benzene rings is 2. The molecule has 0 amide bonds. The fourth-order valence-corrected chi connectivity index (χ4v) is 3.71. The smallest absolute Gasteiger partial charge is 0.280 e. The second-order valence-corrected chi connectivity index (χ2v) is 6.50. The summed E-state index contributed by atoms with van der Waals surface area (Å²) in [6, 6.07) is 17.2. The van der Waals surface area contributed by atoms with E-state index in [1.165, 1.54) is 17.8 Å². The number of hydrogen-bond donors (Lipinski definition) is 0. The van der Waals surface area contributed by atoms with Gasteiger partial charge < -0.3 is 4.42 Å². The van der Waals surface area contributed by atoms with Crippen molar-refractivity contribution >= 4 is 29.3 Å². The number of furan rings is 1. The van der Waals surface area contributed by atoms with Gasteiger partial charge in [0.15, 0.2) is 0 Å². The summed E-state index contributed by atoms with van der Waals surface area (Å²) < 4.78 is 5.72. The van der Waals surface area contributed by atoms with E-state index in [0.717, 1.165) is 4.90 Å². The predicted molar refractivity (Wildman–Crippen MR) is 95.4 cm³/mol. The van der Waals surface area contributed by atoms with Crippen molar-refractivity contribution in [1.82, 2.24) is 0 Å². The van der Waals surface area contributed by atoms with Crippen LogP contribution in [0, 0.1) is 10.1 Å². The molecule has 3 aromatic rings. The van der Waals surface area contributed by atoms with Gasteiger partial charge in [0, 0.05) is 16.5 Å². The van der Waals surface area contributed by atoms with E-state index in [0.29, 0.717) is 27.6 Å². The Morgan fingerprint density at radius 2 is 1.68 bits per heavy atom. The number of carbonyl (C=O) groups is 1. The first-order valence-electron chi connectivity index (χ1n) is 7.50. The zero-order chi connectivity index (χ0) is 17.4. The maximum Gasteiger partial charge on any atom is 0.280 e. The van der Waals surface area contributed by atoms with Crippen LogP contribution in [-0.4, -0.2) is 10.7 Å². The molecule has 0 N–H and O–H groups in total. The van der Waals surface area contributed by atoms with Gasteiger partial charge in [-0.25, -0.2) is 0 Å². The van der Waals surface area contributed by atoms with Crippen LogP contribution in [0.4, 0.5) is 5.69 Å². The monoisotopic (exact) mass is 349 g/mol. The number of nitrogens with zero attached hydrogens (tertiary/aromatic N) is 1. The summed E-state index contributed by atoms with van der Waals surface area (Å²) >= 11 is 1.40. The van der Waals surface area contributed by atoms with E-state index in [2.05, 4.69) is 0 Å². The van der Waals surface area contributed by atoms with Gasteiger partial charge in [0.1, 0.15) is 11.5 Å². The van der Waals surface area contributed by atoms with E-state index in [9.17, 15) is 14.9 Å². The van der Waals surface area contributed by atoms with Crippen molar-refractivity contribution in [2.75, 3.05) is 0 Å². The van der Waals surface area contributed by atoms with Crippen LogP contribution in [0.25, 0.3) is 17.4 Å². The third-order valence-corrected chi connectivity index (χ3v) is 4.94. The second-order valence-electron chi connectivity index (χ2n) is 5.41. The molecule has 0 saturated heterocycles. The molecule has 0 fully saturated rings. The van der Waals surface area contributed by atoms with Crippen LogP contribution in [0.15, 0.2) is 74.9 Å². The molecule has 0 spiro atoms. The lowest BCUT2D eigenvalue weighted by Gasteiger charge is -1.98. The number of nitro benzene ring substituents is 1. The average Bonchev–Trinajstić information content (AvgIpc) is 3.21. The lowest BCUT2D eigenvalue weighted by molar-refractivity contribution is -0.384. The number of ketones is 1. The van der Waals surface area contributed by atoms with Gasteiger partial charge in [0.25, 0.3) is 5.69 Å². The molecular formula is C19H11NO4S. The summed E-state index contributed by atoms with van der Waals surface area (Å²) in [6.07, 6.45) is 1.67. The van der Waals surface area contributed by atoms with E-state index in [1.807, 2.05) is 18.2 Å². The molecule has 0 unspecified atom stereocenters. The number of hydrogen-bond acceptors (Lipinski definition) is 5. The van der Waals surface area contributed by atoms with Crippen molar-refractivity contribution in [2.24, 2.45) is 0 Å². The molecule has 0 radical (unpaired) electrons. The highest BCUT2D eigenvalue weighted by molar-refractivity contribution is 8.04. The lowest BCUT2D eigenvalue weighted by atomic mass is 10.1. The van der Waals surface area contributed by atoms with Crippen LogP contribution in [0.2, 0.25) is 0 Å². The Morgan fingerprint density at radius 1 is 0.960 bits per heavy atom. The standard InChI is InChI=1S/C19H11NO4S/c21-19-14-6-2-4-8-17(14)25-18(19)11-12-9-10-16(24-12)13-5-1-3-7-15(13)20(22)23/h1-11H/b18-11+. The van der Waals surface area contributed by atoms with Gasteiger partial charge >= 0.3 is 0 Å². The third kappa shape index (κ3) is 2.77. The summed E-state index contributed by atoms with van der Waals surface area (Å²) in [6.45, 7) is 0. The summed E-state index contributed by atoms with van der Waals surface area (Å²) in [5.41, 5.74) is 1.07. The molecule has 4 rings (SSSR count). The van der Waals surface area contributed by atoms with E-state index in [-0.39, 0.29) is 11.5 Å². The fourth-order valence-electron chi connectivity index (χ4n) is 2.68. The SMILES string of the molecule is O=C1/C(=C\c2ccc(-c3ccccc3[N+](=O)[O-])o2)Sc2ccccc21. The van der Waals surface area contributed by atoms with Crippen molar-refractivity contribution in [1.29, 1.82) is 0 Å². The normalized spacial score (nSPS) is 14.7. The number of allylic oxidation sites excluding steroid dienone is 1. The van der Waals surface area contributed by atoms with Crippen molar-refractivity contribution in [2.45, 2.75) is 4.90 Å². The Labute approximate surface area is 147 Å². The van der Waals surface area contributed by atoms with Crippen molar-refractivity contribution in [3.05, 3.63) is 87.0 Å². The Hall–Kier alpha value is -3.12. The summed E-state index contributed by atoms with van der Waals surface area (Å²) in [4.78, 5) is 24.6. The van der Waals surface area contributed by atoms with E-state index in [1.54, 1.807) is 42.5 Å². The molecule has 5 nitrogen and oxygen atoms in total. The first-order valence-corrected chi connectivity index (χ1v) is 8.32. The van der Waals surface area contributed by atoms with Crippen LogP contribution < -0.4 is 0 Å². The molecule has 1 aliphatic heterocycles. The van der Waals surface area contributed by atoms with Gasteiger partial charge in [0.2, 0.25) is 5.78 Å². The summed E-state index contributed by atoms with van der Waals surface area (Å²) in [7, 11) is 0. The third-order valence-electron chi connectivity index (χ3n) is 3.84. The van der Waals surface area contributed by atoms with Crippen LogP contribution in [0.3, 0.4) is 0 Å². The van der Waals surface area contributed by atoms with Crippen LogP contribution in [0.5, 0.6) is 0 Å². The molecule has 25 heavy (non-hydrogen) atoms. The van der Waals surface area contributed by atoms with Gasteiger partial charge in [-0.05, 0) is 36.4 Å². The molecular weight excluding hydrogens is 338 g/mol. The van der Waals surface area contributed by atoms with Crippen molar-refractivity contribution in [3.63, 3.8) is 0 Å². The Bertz CT molecular complexity index is 1040. The molecule has 0 aliphatic carbocycles. The topological polar surface area (TPSA) is 73.3 Å². The van der Waals surface area contributed by atoms with Crippen LogP contribution in [0.1, 0.15) is 16.1 Å². The predicted octanol–water partition coefficient (Wildman–Crippen LogP) is 5.18. The number of fused-ring (bicyclic) bond motifs is 1. The first kappa shape index (κ1) is 15.4. The largest absolute Gasteiger partial charge is 0.456 e. The quantitative estimate of drug-likeness (QED) is 0.370. The molecule has 0 saturated carbocycles. The van der Waals surface area contributed by atoms with Gasteiger partial charge in [-0.2, -0.15) is 0 Å². The maximum absolute atomic E-state index is 12.4. The van der Waals surface area contributed by atoms with Gasteiger partial charge in [-0.15, -0.1) is 0 Å². The molecule has 2 aromatic carbocycles. The van der Waals surface area contributed by atoms with Gasteiger partial charge in [-0.1, -0.05) is 36.0 Å². The maximum atomic E-state index is 12.4. The average molecular weight is 349 g/mol.